The molecule has 16 heteroatoms. The second-order valence-electron chi connectivity index (χ2n) is 11.1. The summed E-state index contributed by atoms with van der Waals surface area (Å²) in [5.74, 6) is -5.42. The first kappa shape index (κ1) is 36.6. The lowest BCUT2D eigenvalue weighted by molar-refractivity contribution is -0.142. The number of carbonyl (C=O) groups is 5. The summed E-state index contributed by atoms with van der Waals surface area (Å²) < 4.78 is 27.3. The smallest absolute Gasteiger partial charge is 0.328 e. The number of carboxylic acids is 1. The number of unbranched alkanes of at least 4 members (excludes halogenated alkanes) is 4. The Labute approximate surface area is 273 Å². The molecule has 0 aromatic heterocycles. The van der Waals surface area contributed by atoms with Gasteiger partial charge < -0.3 is 32.1 Å². The Bertz CT molecular complexity index is 1580. The maximum Gasteiger partial charge on any atom is 0.328 e. The summed E-state index contributed by atoms with van der Waals surface area (Å²) in [6, 6.07) is 8.63. The van der Waals surface area contributed by atoms with Crippen molar-refractivity contribution in [1.29, 1.82) is 5.41 Å². The maximum atomic E-state index is 13.1. The Hall–Kier alpha value is -4.83. The normalized spacial score (nSPS) is 15.3. The van der Waals surface area contributed by atoms with Crippen LogP contribution < -0.4 is 27.0 Å². The standard InChI is InChI=1S/C31H41N7O8S/c1-2-3-4-5-9-14-26(39)35-21-16-20(17-22(18-21)36-31(32)33)27(40)29(42)34-19-24(30(43)44)37-28(41)25-13-10-15-38(25)47(45,46)23-11-7-6-8-12-23/h6-8,11-12,16-18,24-25H,2-5,9-10,13-15,19H2,1H3,(H,34,42)(H,35,39)(H,37,41)(H,43,44)(H4,32,33,36)/t24-,25-/m0/s1. The molecule has 8 N–H and O–H groups in total. The number of carboxylic acid groups (broad SMARTS) is 1. The fourth-order valence-electron chi connectivity index (χ4n) is 5.06. The van der Waals surface area contributed by atoms with Crippen molar-refractivity contribution in [3.63, 3.8) is 0 Å². The van der Waals surface area contributed by atoms with E-state index < -0.39 is 58.2 Å². The zero-order valence-electron chi connectivity index (χ0n) is 26.1. The second-order valence-corrected chi connectivity index (χ2v) is 13.0. The molecule has 1 saturated heterocycles. The van der Waals surface area contributed by atoms with Gasteiger partial charge in [0.1, 0.15) is 12.1 Å². The number of hydrogen-bond donors (Lipinski definition) is 7. The van der Waals surface area contributed by atoms with E-state index >= 15 is 0 Å². The molecule has 15 nitrogen and oxygen atoms in total. The first-order valence-electron chi connectivity index (χ1n) is 15.3. The first-order chi connectivity index (χ1) is 22.3. The highest BCUT2D eigenvalue weighted by molar-refractivity contribution is 7.89. The number of anilines is 2. The highest BCUT2D eigenvalue weighted by Gasteiger charge is 2.40. The van der Waals surface area contributed by atoms with E-state index in [4.69, 9.17) is 11.1 Å². The number of rotatable bonds is 17. The van der Waals surface area contributed by atoms with Crippen molar-refractivity contribution < 1.29 is 37.5 Å². The van der Waals surface area contributed by atoms with Crippen LogP contribution in [0.1, 0.15) is 68.6 Å². The fourth-order valence-corrected chi connectivity index (χ4v) is 6.74. The zero-order valence-corrected chi connectivity index (χ0v) is 26.9. The first-order valence-corrected chi connectivity index (χ1v) is 16.8. The summed E-state index contributed by atoms with van der Waals surface area (Å²) in [5, 5.41) is 26.9. The van der Waals surface area contributed by atoms with E-state index in [1.54, 1.807) is 18.2 Å². The van der Waals surface area contributed by atoms with Gasteiger partial charge in [-0.3, -0.25) is 24.6 Å². The van der Waals surface area contributed by atoms with E-state index in [1.807, 2.05) is 0 Å². The van der Waals surface area contributed by atoms with E-state index in [2.05, 4.69) is 28.2 Å². The van der Waals surface area contributed by atoms with Gasteiger partial charge in [-0.2, -0.15) is 4.31 Å². The molecule has 1 aliphatic rings. The lowest BCUT2D eigenvalue weighted by Gasteiger charge is -2.25. The number of amides is 3. The van der Waals surface area contributed by atoms with Crippen molar-refractivity contribution in [2.24, 2.45) is 5.73 Å². The molecule has 3 rings (SSSR count). The molecule has 0 spiro atoms. The molecular weight excluding hydrogens is 630 g/mol. The average molecular weight is 672 g/mol. The Morgan fingerprint density at radius 2 is 1.66 bits per heavy atom. The van der Waals surface area contributed by atoms with Crippen LogP contribution in [0.4, 0.5) is 11.4 Å². The summed E-state index contributed by atoms with van der Waals surface area (Å²) in [6.45, 7) is 1.47. The maximum absolute atomic E-state index is 13.1. The number of benzene rings is 2. The quantitative estimate of drug-likeness (QED) is 0.0424. The number of nitrogens with zero attached hydrogens (tertiary/aromatic N) is 1. The van der Waals surface area contributed by atoms with Crippen molar-refractivity contribution in [3.05, 3.63) is 54.1 Å². The van der Waals surface area contributed by atoms with Crippen molar-refractivity contribution in [2.45, 2.75) is 75.3 Å². The third kappa shape index (κ3) is 10.6. The van der Waals surface area contributed by atoms with E-state index in [9.17, 15) is 37.5 Å². The summed E-state index contributed by atoms with van der Waals surface area (Å²) in [5.41, 5.74) is 5.56. The number of ketones is 1. The van der Waals surface area contributed by atoms with Crippen LogP contribution in [0.2, 0.25) is 0 Å². The minimum absolute atomic E-state index is 0.00651. The van der Waals surface area contributed by atoms with Crippen LogP contribution in [0.3, 0.4) is 0 Å². The number of carbonyl (C=O) groups excluding carboxylic acids is 4. The van der Waals surface area contributed by atoms with E-state index in [0.29, 0.717) is 12.8 Å². The predicted molar refractivity (Wildman–Crippen MR) is 174 cm³/mol. The van der Waals surface area contributed by atoms with Crippen LogP contribution in [0.25, 0.3) is 0 Å². The fraction of sp³-hybridized carbons (Fsp3) is 0.419. The minimum atomic E-state index is -4.03. The molecule has 0 bridgehead atoms. The monoisotopic (exact) mass is 671 g/mol. The van der Waals surface area contributed by atoms with Gasteiger partial charge in [-0.25, -0.2) is 13.2 Å². The number of aliphatic carboxylic acids is 1. The van der Waals surface area contributed by atoms with E-state index in [-0.39, 0.29) is 47.1 Å². The van der Waals surface area contributed by atoms with Gasteiger partial charge >= 0.3 is 5.97 Å². The van der Waals surface area contributed by atoms with Gasteiger partial charge in [-0.15, -0.1) is 0 Å². The van der Waals surface area contributed by atoms with Crippen LogP contribution in [-0.4, -0.2) is 78.4 Å². The van der Waals surface area contributed by atoms with Crippen LogP contribution >= 0.6 is 0 Å². The van der Waals surface area contributed by atoms with Crippen LogP contribution in [0.5, 0.6) is 0 Å². The number of sulfonamides is 1. The number of guanidine groups is 1. The van der Waals surface area contributed by atoms with E-state index in [0.717, 1.165) is 30.0 Å². The molecule has 0 aliphatic carbocycles. The molecule has 0 saturated carbocycles. The number of nitrogens with one attached hydrogen (secondary N) is 5. The van der Waals surface area contributed by atoms with Crippen LogP contribution in [0.15, 0.2) is 53.4 Å². The van der Waals surface area contributed by atoms with Gasteiger partial charge in [0, 0.05) is 36.4 Å². The molecule has 1 fully saturated rings. The molecule has 0 unspecified atom stereocenters. The number of nitrogens with two attached hydrogens (primary N) is 1. The van der Waals surface area contributed by atoms with Crippen LogP contribution in [0, 0.1) is 5.41 Å². The van der Waals surface area contributed by atoms with Crippen molar-refractivity contribution in [3.8, 4) is 0 Å². The SMILES string of the molecule is CCCCCCCC(=O)Nc1cc(NC(=N)N)cc(C(=O)C(=O)NC[C@H](NC(=O)[C@@H]2CCCN2S(=O)(=O)c2ccccc2)C(=O)O)c1. The molecule has 1 aliphatic heterocycles. The predicted octanol–water partition coefficient (Wildman–Crippen LogP) is 2.01. The third-order valence-corrected chi connectivity index (χ3v) is 9.33. The molecule has 3 amide bonds. The molecule has 47 heavy (non-hydrogen) atoms. The molecule has 2 aromatic rings. The van der Waals surface area contributed by atoms with Gasteiger partial charge in [-0.1, -0.05) is 50.8 Å². The second kappa shape index (κ2) is 17.2. The van der Waals surface area contributed by atoms with E-state index in [1.165, 1.54) is 30.3 Å². The summed E-state index contributed by atoms with van der Waals surface area (Å²) >= 11 is 0. The van der Waals surface area contributed by atoms with Crippen molar-refractivity contribution in [1.82, 2.24) is 14.9 Å². The van der Waals surface area contributed by atoms with Gasteiger partial charge in [0.05, 0.1) is 4.90 Å². The third-order valence-electron chi connectivity index (χ3n) is 7.41. The van der Waals surface area contributed by atoms with Gasteiger partial charge in [0.15, 0.2) is 5.96 Å². The minimum Gasteiger partial charge on any atom is -0.480 e. The van der Waals surface area contributed by atoms with Gasteiger partial charge in [0.25, 0.3) is 5.91 Å². The molecule has 2 atom stereocenters. The van der Waals surface area contributed by atoms with Crippen molar-refractivity contribution >= 4 is 56.8 Å². The lowest BCUT2D eigenvalue weighted by atomic mass is 10.1. The zero-order chi connectivity index (χ0) is 34.6. The molecule has 1 heterocycles. The molecular formula is C31H41N7O8S. The van der Waals surface area contributed by atoms with Crippen molar-refractivity contribution in [2.75, 3.05) is 23.7 Å². The number of hydrogen-bond acceptors (Lipinski definition) is 8. The van der Waals surface area contributed by atoms with Gasteiger partial charge in [-0.05, 0) is 49.6 Å². The molecule has 254 valence electrons. The average Bonchev–Trinajstić information content (AvgIpc) is 3.53. The lowest BCUT2D eigenvalue weighted by Crippen LogP contribution is -2.54. The Kier molecular flexibility index (Phi) is 13.4. The highest BCUT2D eigenvalue weighted by atomic mass is 32.2. The topological polar surface area (TPSA) is 241 Å². The Morgan fingerprint density at radius 1 is 1.00 bits per heavy atom. The summed E-state index contributed by atoms with van der Waals surface area (Å²) in [6.07, 6.45) is 5.51. The highest BCUT2D eigenvalue weighted by Crippen LogP contribution is 2.26. The largest absolute Gasteiger partial charge is 0.480 e. The van der Waals surface area contributed by atoms with Crippen LogP contribution in [-0.2, 0) is 29.2 Å². The van der Waals surface area contributed by atoms with Gasteiger partial charge in [0.2, 0.25) is 27.6 Å². The molecule has 2 aromatic carbocycles. The number of Topliss-reactive ketones (excluding diaryl/α,β-unsaturated/α-hetero) is 1. The summed E-state index contributed by atoms with van der Waals surface area (Å²) in [7, 11) is -4.03. The summed E-state index contributed by atoms with van der Waals surface area (Å²) in [4.78, 5) is 63.4. The Balaban J connectivity index is 1.66. The molecule has 0 radical (unpaired) electrons. The Morgan fingerprint density at radius 3 is 2.30 bits per heavy atom.